The summed E-state index contributed by atoms with van der Waals surface area (Å²) in [5.41, 5.74) is 0. The molecular formula is C6H12IN3. The van der Waals surface area contributed by atoms with E-state index < -0.39 is 0 Å². The molecule has 0 aromatic carbocycles. The number of rotatable bonds is 0. The Labute approximate surface area is 75.0 Å². The average molecular weight is 253 g/mol. The van der Waals surface area contributed by atoms with Gasteiger partial charge in [-0.3, -0.25) is 4.99 Å². The molecule has 1 N–H and O–H groups in total. The molecule has 10 heavy (non-hydrogen) atoms. The van der Waals surface area contributed by atoms with Gasteiger partial charge in [0.2, 0.25) is 0 Å². The van der Waals surface area contributed by atoms with Gasteiger partial charge in [0, 0.05) is 20.6 Å². The molecule has 1 aliphatic rings. The second-order valence-electron chi connectivity index (χ2n) is 2.37. The minimum atomic E-state index is 0.549. The van der Waals surface area contributed by atoms with Gasteiger partial charge in [-0.05, 0) is 6.42 Å². The van der Waals surface area contributed by atoms with E-state index in [0.717, 1.165) is 12.5 Å². The topological polar surface area (TPSA) is 27.6 Å². The summed E-state index contributed by atoms with van der Waals surface area (Å²) >= 11 is 2.39. The molecule has 0 aromatic rings. The SMILES string of the molecule is C/N=C1\NC(I)CCN1C. The number of aliphatic imine (C=N–C) groups is 1. The van der Waals surface area contributed by atoms with Crippen molar-refractivity contribution in [2.24, 2.45) is 4.99 Å². The first-order valence-electron chi connectivity index (χ1n) is 3.32. The molecule has 4 heteroatoms. The highest BCUT2D eigenvalue weighted by Gasteiger charge is 2.16. The summed E-state index contributed by atoms with van der Waals surface area (Å²) in [6, 6.07) is 0. The van der Waals surface area contributed by atoms with Crippen molar-refractivity contribution in [2.75, 3.05) is 20.6 Å². The van der Waals surface area contributed by atoms with Crippen molar-refractivity contribution in [3.63, 3.8) is 0 Å². The number of halogens is 1. The first-order valence-corrected chi connectivity index (χ1v) is 4.57. The Morgan fingerprint density at radius 3 is 3.00 bits per heavy atom. The lowest BCUT2D eigenvalue weighted by Gasteiger charge is -2.30. The fourth-order valence-electron chi connectivity index (χ4n) is 0.971. The first kappa shape index (κ1) is 8.10. The van der Waals surface area contributed by atoms with Crippen molar-refractivity contribution >= 4 is 28.6 Å². The van der Waals surface area contributed by atoms with Crippen LogP contribution in [0.25, 0.3) is 0 Å². The maximum absolute atomic E-state index is 4.11. The van der Waals surface area contributed by atoms with Crippen molar-refractivity contribution in [2.45, 2.75) is 10.5 Å². The van der Waals surface area contributed by atoms with Crippen molar-refractivity contribution < 1.29 is 0 Å². The van der Waals surface area contributed by atoms with E-state index in [1.165, 1.54) is 6.42 Å². The summed E-state index contributed by atoms with van der Waals surface area (Å²) in [4.78, 5) is 6.24. The molecule has 1 atom stereocenters. The minimum Gasteiger partial charge on any atom is -0.346 e. The molecular weight excluding hydrogens is 241 g/mol. The summed E-state index contributed by atoms with van der Waals surface area (Å²) in [7, 11) is 3.87. The van der Waals surface area contributed by atoms with Gasteiger partial charge in [0.1, 0.15) is 0 Å². The first-order chi connectivity index (χ1) is 4.74. The molecule has 58 valence electrons. The van der Waals surface area contributed by atoms with Crippen LogP contribution in [-0.2, 0) is 0 Å². The van der Waals surface area contributed by atoms with Gasteiger partial charge in [0.15, 0.2) is 5.96 Å². The van der Waals surface area contributed by atoms with E-state index in [4.69, 9.17) is 0 Å². The number of hydrogen-bond acceptors (Lipinski definition) is 1. The molecule has 1 aliphatic heterocycles. The summed E-state index contributed by atoms with van der Waals surface area (Å²) in [5.74, 6) is 1.01. The highest BCUT2D eigenvalue weighted by molar-refractivity contribution is 14.1. The normalized spacial score (nSPS) is 30.5. The van der Waals surface area contributed by atoms with E-state index in [1.807, 2.05) is 7.05 Å². The van der Waals surface area contributed by atoms with E-state index in [2.05, 4.69) is 44.8 Å². The maximum atomic E-state index is 4.11. The number of guanidine groups is 1. The van der Waals surface area contributed by atoms with Crippen LogP contribution in [0.5, 0.6) is 0 Å². The predicted molar refractivity (Wildman–Crippen MR) is 51.5 cm³/mol. The fraction of sp³-hybridized carbons (Fsp3) is 0.833. The van der Waals surface area contributed by atoms with Gasteiger partial charge < -0.3 is 10.2 Å². The van der Waals surface area contributed by atoms with Crippen LogP contribution in [0.2, 0.25) is 0 Å². The van der Waals surface area contributed by atoms with E-state index in [9.17, 15) is 0 Å². The van der Waals surface area contributed by atoms with Crippen LogP contribution in [-0.4, -0.2) is 35.5 Å². The Balaban J connectivity index is 2.54. The summed E-state index contributed by atoms with van der Waals surface area (Å²) in [6.07, 6.45) is 1.19. The van der Waals surface area contributed by atoms with Crippen LogP contribution in [0.1, 0.15) is 6.42 Å². The average Bonchev–Trinajstić information content (AvgIpc) is 1.94. The third kappa shape index (κ3) is 1.74. The van der Waals surface area contributed by atoms with Crippen LogP contribution >= 0.6 is 22.6 Å². The van der Waals surface area contributed by atoms with E-state index in [0.29, 0.717) is 4.05 Å². The second kappa shape index (κ2) is 3.41. The van der Waals surface area contributed by atoms with Crippen molar-refractivity contribution in [3.05, 3.63) is 0 Å². The molecule has 0 aromatic heterocycles. The van der Waals surface area contributed by atoms with Crippen LogP contribution < -0.4 is 5.32 Å². The monoisotopic (exact) mass is 253 g/mol. The molecule has 0 spiro atoms. The molecule has 3 nitrogen and oxygen atoms in total. The smallest absolute Gasteiger partial charge is 0.194 e. The minimum absolute atomic E-state index is 0.549. The molecule has 0 bridgehead atoms. The lowest BCUT2D eigenvalue weighted by Crippen LogP contribution is -2.48. The number of hydrogen-bond donors (Lipinski definition) is 1. The molecule has 1 saturated heterocycles. The Bertz CT molecular complexity index is 146. The number of nitrogens with one attached hydrogen (secondary N) is 1. The third-order valence-corrected chi connectivity index (χ3v) is 2.51. The zero-order chi connectivity index (χ0) is 7.56. The van der Waals surface area contributed by atoms with Crippen molar-refractivity contribution in [1.29, 1.82) is 0 Å². The van der Waals surface area contributed by atoms with Crippen LogP contribution in [0.15, 0.2) is 4.99 Å². The third-order valence-electron chi connectivity index (χ3n) is 1.58. The van der Waals surface area contributed by atoms with E-state index in [1.54, 1.807) is 0 Å². The van der Waals surface area contributed by atoms with E-state index >= 15 is 0 Å². The van der Waals surface area contributed by atoms with Gasteiger partial charge in [-0.1, -0.05) is 22.6 Å². The van der Waals surface area contributed by atoms with Crippen LogP contribution in [0.4, 0.5) is 0 Å². The van der Waals surface area contributed by atoms with Gasteiger partial charge >= 0.3 is 0 Å². The van der Waals surface area contributed by atoms with Gasteiger partial charge in [-0.15, -0.1) is 0 Å². The Kier molecular flexibility index (Phi) is 2.76. The molecule has 0 aliphatic carbocycles. The second-order valence-corrected chi connectivity index (χ2v) is 3.87. The quantitative estimate of drug-likeness (QED) is 0.390. The fourth-order valence-corrected chi connectivity index (χ4v) is 1.53. The van der Waals surface area contributed by atoms with Gasteiger partial charge in [-0.25, -0.2) is 0 Å². The zero-order valence-corrected chi connectivity index (χ0v) is 8.42. The Hall–Kier alpha value is -0.0000000000000000555. The standard InChI is InChI=1S/C6H12IN3/c1-8-6-9-5(7)3-4-10(6)2/h5H,3-4H2,1-2H3,(H,8,9). The highest BCUT2D eigenvalue weighted by Crippen LogP contribution is 2.08. The number of nitrogens with zero attached hydrogens (tertiary/aromatic N) is 2. The molecule has 1 fully saturated rings. The molecule has 0 amide bonds. The summed E-state index contributed by atoms with van der Waals surface area (Å²) in [6.45, 7) is 1.10. The molecule has 1 heterocycles. The van der Waals surface area contributed by atoms with Crippen molar-refractivity contribution in [1.82, 2.24) is 10.2 Å². The summed E-state index contributed by atoms with van der Waals surface area (Å²) in [5, 5.41) is 3.28. The van der Waals surface area contributed by atoms with Crippen molar-refractivity contribution in [3.8, 4) is 0 Å². The van der Waals surface area contributed by atoms with Gasteiger partial charge in [0.25, 0.3) is 0 Å². The van der Waals surface area contributed by atoms with Gasteiger partial charge in [-0.2, -0.15) is 0 Å². The Morgan fingerprint density at radius 1 is 1.80 bits per heavy atom. The highest BCUT2D eigenvalue weighted by atomic mass is 127. The molecule has 0 radical (unpaired) electrons. The molecule has 1 unspecified atom stereocenters. The van der Waals surface area contributed by atoms with Crippen LogP contribution in [0.3, 0.4) is 0 Å². The largest absolute Gasteiger partial charge is 0.346 e. The van der Waals surface area contributed by atoms with Crippen LogP contribution in [0, 0.1) is 0 Å². The Morgan fingerprint density at radius 2 is 2.50 bits per heavy atom. The maximum Gasteiger partial charge on any atom is 0.194 e. The molecule has 0 saturated carbocycles. The van der Waals surface area contributed by atoms with E-state index in [-0.39, 0.29) is 0 Å². The number of alkyl halides is 1. The zero-order valence-electron chi connectivity index (χ0n) is 6.26. The van der Waals surface area contributed by atoms with Gasteiger partial charge in [0.05, 0.1) is 4.05 Å². The molecule has 1 rings (SSSR count). The summed E-state index contributed by atoms with van der Waals surface area (Å²) < 4.78 is 0.549. The predicted octanol–water partition coefficient (Wildman–Crippen LogP) is 0.658. The lowest BCUT2D eigenvalue weighted by molar-refractivity contribution is 0.423. The lowest BCUT2D eigenvalue weighted by atomic mass is 10.3.